The van der Waals surface area contributed by atoms with Crippen LogP contribution >= 0.6 is 11.3 Å². The van der Waals surface area contributed by atoms with Gasteiger partial charge < -0.3 is 9.64 Å². The van der Waals surface area contributed by atoms with E-state index in [4.69, 9.17) is 4.74 Å². The third-order valence-corrected chi connectivity index (χ3v) is 4.34. The SMILES string of the molecule is C=CCCOC(=O)N1CCC(c2nc(C=O)cs2)CC1. The Bertz CT molecular complexity index is 479. The van der Waals surface area contributed by atoms with Crippen molar-refractivity contribution in [2.45, 2.75) is 25.2 Å². The number of hydrogen-bond acceptors (Lipinski definition) is 5. The first-order chi connectivity index (χ1) is 9.74. The van der Waals surface area contributed by atoms with Crippen LogP contribution in [0, 0.1) is 0 Å². The number of ether oxygens (including phenoxy) is 1. The molecule has 0 aliphatic carbocycles. The molecule has 0 atom stereocenters. The van der Waals surface area contributed by atoms with Gasteiger partial charge in [-0.2, -0.15) is 0 Å². The van der Waals surface area contributed by atoms with Crippen molar-refractivity contribution in [1.82, 2.24) is 9.88 Å². The van der Waals surface area contributed by atoms with E-state index in [1.807, 2.05) is 0 Å². The predicted octanol–water partition coefficient (Wildman–Crippen LogP) is 2.85. The summed E-state index contributed by atoms with van der Waals surface area (Å²) in [7, 11) is 0. The van der Waals surface area contributed by atoms with Crippen molar-refractivity contribution in [3.63, 3.8) is 0 Å². The van der Waals surface area contributed by atoms with Crippen molar-refractivity contribution >= 4 is 23.7 Å². The van der Waals surface area contributed by atoms with E-state index < -0.39 is 0 Å². The summed E-state index contributed by atoms with van der Waals surface area (Å²) in [5.74, 6) is 0.339. The number of amides is 1. The Morgan fingerprint density at radius 2 is 2.30 bits per heavy atom. The second kappa shape index (κ2) is 7.19. The van der Waals surface area contributed by atoms with Gasteiger partial charge in [-0.05, 0) is 19.3 Å². The number of aromatic nitrogens is 1. The fourth-order valence-electron chi connectivity index (χ4n) is 2.17. The lowest BCUT2D eigenvalue weighted by molar-refractivity contribution is 0.0941. The summed E-state index contributed by atoms with van der Waals surface area (Å²) in [4.78, 5) is 28.4. The van der Waals surface area contributed by atoms with Crippen molar-refractivity contribution in [3.8, 4) is 0 Å². The number of likely N-dealkylation sites (tertiary alicyclic amines) is 1. The van der Waals surface area contributed by atoms with Crippen LogP contribution in [-0.4, -0.2) is 42.0 Å². The van der Waals surface area contributed by atoms with Gasteiger partial charge >= 0.3 is 6.09 Å². The number of piperidine rings is 1. The molecule has 108 valence electrons. The summed E-state index contributed by atoms with van der Waals surface area (Å²) in [6, 6.07) is 0. The molecule has 6 heteroatoms. The summed E-state index contributed by atoms with van der Waals surface area (Å²) in [6.07, 6.45) is 4.65. The zero-order valence-corrected chi connectivity index (χ0v) is 12.1. The summed E-state index contributed by atoms with van der Waals surface area (Å²) in [6.45, 7) is 5.32. The lowest BCUT2D eigenvalue weighted by Crippen LogP contribution is -2.38. The minimum atomic E-state index is -0.252. The Labute approximate surface area is 122 Å². The van der Waals surface area contributed by atoms with E-state index in [0.717, 1.165) is 24.1 Å². The lowest BCUT2D eigenvalue weighted by atomic mass is 9.98. The van der Waals surface area contributed by atoms with Crippen LogP contribution in [0.5, 0.6) is 0 Å². The number of hydrogen-bond donors (Lipinski definition) is 0. The minimum absolute atomic E-state index is 0.252. The van der Waals surface area contributed by atoms with Crippen LogP contribution in [0.3, 0.4) is 0 Å². The maximum Gasteiger partial charge on any atom is 0.409 e. The Hall–Kier alpha value is -1.69. The summed E-state index contributed by atoms with van der Waals surface area (Å²) in [5, 5.41) is 2.77. The molecule has 0 bridgehead atoms. The lowest BCUT2D eigenvalue weighted by Gasteiger charge is -2.30. The summed E-state index contributed by atoms with van der Waals surface area (Å²) in [5.41, 5.74) is 0.497. The van der Waals surface area contributed by atoms with Gasteiger partial charge in [0.25, 0.3) is 0 Å². The fourth-order valence-corrected chi connectivity index (χ4v) is 3.11. The van der Waals surface area contributed by atoms with E-state index >= 15 is 0 Å². The van der Waals surface area contributed by atoms with Crippen LogP contribution in [0.15, 0.2) is 18.0 Å². The smallest absolute Gasteiger partial charge is 0.409 e. The van der Waals surface area contributed by atoms with Crippen molar-refractivity contribution in [1.29, 1.82) is 0 Å². The fraction of sp³-hybridized carbons (Fsp3) is 0.500. The average molecular weight is 294 g/mol. The quantitative estimate of drug-likeness (QED) is 0.476. The second-order valence-electron chi connectivity index (χ2n) is 4.68. The molecule has 1 saturated heterocycles. The molecule has 0 unspecified atom stereocenters. The largest absolute Gasteiger partial charge is 0.449 e. The molecule has 20 heavy (non-hydrogen) atoms. The van der Waals surface area contributed by atoms with Crippen molar-refractivity contribution < 1.29 is 14.3 Å². The van der Waals surface area contributed by atoms with Crippen LogP contribution in [0.1, 0.15) is 40.7 Å². The van der Waals surface area contributed by atoms with Gasteiger partial charge in [-0.25, -0.2) is 9.78 Å². The topological polar surface area (TPSA) is 59.5 Å². The molecule has 0 aromatic carbocycles. The van der Waals surface area contributed by atoms with Gasteiger partial charge in [-0.15, -0.1) is 17.9 Å². The molecule has 0 radical (unpaired) electrons. The van der Waals surface area contributed by atoms with Crippen molar-refractivity contribution in [3.05, 3.63) is 28.7 Å². The molecule has 2 rings (SSSR count). The predicted molar refractivity (Wildman–Crippen MR) is 77.2 cm³/mol. The molecular weight excluding hydrogens is 276 g/mol. The monoisotopic (exact) mass is 294 g/mol. The number of rotatable bonds is 5. The standard InChI is InChI=1S/C14H18N2O3S/c1-2-3-8-19-14(18)16-6-4-11(5-7-16)13-15-12(9-17)10-20-13/h2,9-11H,1,3-8H2. The maximum absolute atomic E-state index is 11.8. The molecule has 1 amide bonds. The maximum atomic E-state index is 11.8. The van der Waals surface area contributed by atoms with Gasteiger partial charge in [0.05, 0.1) is 11.6 Å². The number of nitrogens with zero attached hydrogens (tertiary/aromatic N) is 2. The third-order valence-electron chi connectivity index (χ3n) is 3.31. The number of thiazole rings is 1. The van der Waals surface area contributed by atoms with Gasteiger partial charge in [0.1, 0.15) is 5.69 Å². The van der Waals surface area contributed by atoms with E-state index in [2.05, 4.69) is 11.6 Å². The Kier molecular flexibility index (Phi) is 5.29. The molecule has 1 aromatic heterocycles. The first-order valence-electron chi connectivity index (χ1n) is 6.67. The highest BCUT2D eigenvalue weighted by Crippen LogP contribution is 2.30. The minimum Gasteiger partial charge on any atom is -0.449 e. The molecule has 0 spiro atoms. The highest BCUT2D eigenvalue weighted by molar-refractivity contribution is 7.09. The molecule has 2 heterocycles. The van der Waals surface area contributed by atoms with Crippen LogP contribution in [0.4, 0.5) is 4.79 Å². The molecule has 1 aromatic rings. The van der Waals surface area contributed by atoms with E-state index in [1.54, 1.807) is 16.4 Å². The van der Waals surface area contributed by atoms with Gasteiger partial charge in [0.15, 0.2) is 6.29 Å². The molecule has 0 saturated carbocycles. The highest BCUT2D eigenvalue weighted by Gasteiger charge is 2.26. The Morgan fingerprint density at radius 3 is 2.90 bits per heavy atom. The van der Waals surface area contributed by atoms with Gasteiger partial charge in [-0.1, -0.05) is 6.08 Å². The first-order valence-corrected chi connectivity index (χ1v) is 7.55. The molecule has 0 N–H and O–H groups in total. The van der Waals surface area contributed by atoms with Crippen LogP contribution in [-0.2, 0) is 4.74 Å². The van der Waals surface area contributed by atoms with Crippen LogP contribution in [0.25, 0.3) is 0 Å². The number of carbonyl (C=O) groups excluding carboxylic acids is 2. The van der Waals surface area contributed by atoms with Crippen LogP contribution < -0.4 is 0 Å². The third kappa shape index (κ3) is 3.66. The second-order valence-corrected chi connectivity index (χ2v) is 5.57. The number of aldehydes is 1. The molecule has 1 aliphatic rings. The zero-order valence-electron chi connectivity index (χ0n) is 11.3. The van der Waals surface area contributed by atoms with Gasteiger partial charge in [0.2, 0.25) is 0 Å². The summed E-state index contributed by atoms with van der Waals surface area (Å²) < 4.78 is 5.14. The average Bonchev–Trinajstić information content (AvgIpc) is 2.96. The summed E-state index contributed by atoms with van der Waals surface area (Å²) >= 11 is 1.52. The first kappa shape index (κ1) is 14.7. The highest BCUT2D eigenvalue weighted by atomic mass is 32.1. The Balaban J connectivity index is 1.81. The zero-order chi connectivity index (χ0) is 14.4. The van der Waals surface area contributed by atoms with Gasteiger partial charge in [-0.3, -0.25) is 4.79 Å². The van der Waals surface area contributed by atoms with E-state index in [1.165, 1.54) is 11.3 Å². The number of carbonyl (C=O) groups is 2. The van der Waals surface area contributed by atoms with Crippen molar-refractivity contribution in [2.24, 2.45) is 0 Å². The molecule has 1 aliphatic heterocycles. The normalized spacial score (nSPS) is 15.9. The van der Waals surface area contributed by atoms with E-state index in [9.17, 15) is 9.59 Å². The molecule has 1 fully saturated rings. The molecule has 5 nitrogen and oxygen atoms in total. The van der Waals surface area contributed by atoms with E-state index in [0.29, 0.717) is 37.7 Å². The van der Waals surface area contributed by atoms with Crippen LogP contribution in [0.2, 0.25) is 0 Å². The van der Waals surface area contributed by atoms with Crippen molar-refractivity contribution in [2.75, 3.05) is 19.7 Å². The molecular formula is C14H18N2O3S. The van der Waals surface area contributed by atoms with Gasteiger partial charge in [0, 0.05) is 24.4 Å². The Morgan fingerprint density at radius 1 is 1.55 bits per heavy atom. The van der Waals surface area contributed by atoms with E-state index in [-0.39, 0.29) is 6.09 Å².